The second-order valence-electron chi connectivity index (χ2n) is 5.77. The largest absolute Gasteiger partial charge is 0.272 e. The minimum atomic E-state index is -0.167. The molecule has 0 atom stereocenters. The molecule has 0 spiro atoms. The second-order valence-corrected chi connectivity index (χ2v) is 5.77. The molecule has 0 N–H and O–H groups in total. The van der Waals surface area contributed by atoms with E-state index in [0.29, 0.717) is 24.2 Å². The molecule has 0 fully saturated rings. The van der Waals surface area contributed by atoms with Gasteiger partial charge in [0.1, 0.15) is 0 Å². The molecule has 0 bridgehead atoms. The van der Waals surface area contributed by atoms with Gasteiger partial charge in [0.25, 0.3) is 11.8 Å². The molecule has 0 saturated carbocycles. The van der Waals surface area contributed by atoms with Gasteiger partial charge in [0.05, 0.1) is 0 Å². The van der Waals surface area contributed by atoms with Crippen LogP contribution in [0.15, 0.2) is 48.5 Å². The average Bonchev–Trinajstić information content (AvgIpc) is 2.59. The Morgan fingerprint density at radius 3 is 1.21 bits per heavy atom. The van der Waals surface area contributed by atoms with Crippen LogP contribution in [0.1, 0.15) is 45.7 Å². The number of benzene rings is 2. The maximum Gasteiger partial charge on any atom is 0.272 e. The molecule has 0 aliphatic heterocycles. The summed E-state index contributed by atoms with van der Waals surface area (Å²) >= 11 is 0. The summed E-state index contributed by atoms with van der Waals surface area (Å²) < 4.78 is 0. The van der Waals surface area contributed by atoms with Gasteiger partial charge in [-0.1, -0.05) is 35.4 Å². The van der Waals surface area contributed by atoms with E-state index < -0.39 is 0 Å². The van der Waals surface area contributed by atoms with Crippen LogP contribution in [0, 0.1) is 13.8 Å². The monoisotopic (exact) mass is 324 g/mol. The van der Waals surface area contributed by atoms with Crippen molar-refractivity contribution in [3.05, 3.63) is 70.8 Å². The lowest BCUT2D eigenvalue weighted by Crippen LogP contribution is -2.49. The van der Waals surface area contributed by atoms with Crippen LogP contribution < -0.4 is 0 Å². The minimum absolute atomic E-state index is 0.167. The number of carbonyl (C=O) groups excluding carboxylic acids is 2. The van der Waals surface area contributed by atoms with Gasteiger partial charge >= 0.3 is 0 Å². The number of rotatable bonds is 4. The molecule has 2 rings (SSSR count). The van der Waals surface area contributed by atoms with Gasteiger partial charge in [-0.25, -0.2) is 10.0 Å². The maximum absolute atomic E-state index is 12.8. The zero-order chi connectivity index (χ0) is 17.7. The van der Waals surface area contributed by atoms with Crippen LogP contribution in [0.3, 0.4) is 0 Å². The molecule has 4 heteroatoms. The van der Waals surface area contributed by atoms with Crippen LogP contribution in [0.4, 0.5) is 0 Å². The number of amides is 2. The summed E-state index contributed by atoms with van der Waals surface area (Å²) in [6.07, 6.45) is 0. The topological polar surface area (TPSA) is 40.6 Å². The predicted molar refractivity (Wildman–Crippen MR) is 95.8 cm³/mol. The predicted octanol–water partition coefficient (Wildman–Crippen LogP) is 3.84. The Labute approximate surface area is 143 Å². The number of nitrogens with zero attached hydrogens (tertiary/aromatic N) is 2. The molecule has 2 aromatic carbocycles. The van der Waals surface area contributed by atoms with E-state index in [1.807, 2.05) is 52.0 Å². The molecule has 2 aromatic rings. The lowest BCUT2D eigenvalue weighted by Gasteiger charge is -2.33. The molecule has 126 valence electrons. The first-order valence-corrected chi connectivity index (χ1v) is 8.24. The van der Waals surface area contributed by atoms with Crippen molar-refractivity contribution < 1.29 is 9.59 Å². The lowest BCUT2D eigenvalue weighted by atomic mass is 10.1. The van der Waals surface area contributed by atoms with Crippen molar-refractivity contribution in [1.82, 2.24) is 10.0 Å². The smallest absolute Gasteiger partial charge is 0.267 e. The standard InChI is InChI=1S/C20H24N2O2/c1-5-21(19(23)17-11-7-15(3)8-12-17)22(6-2)20(24)18-13-9-16(4)10-14-18/h7-14H,5-6H2,1-4H3. The third-order valence-corrected chi connectivity index (χ3v) is 3.96. The molecule has 0 saturated heterocycles. The Morgan fingerprint density at radius 1 is 0.667 bits per heavy atom. The Kier molecular flexibility index (Phi) is 5.74. The highest BCUT2D eigenvalue weighted by Crippen LogP contribution is 2.13. The summed E-state index contributed by atoms with van der Waals surface area (Å²) in [4.78, 5) is 25.6. The van der Waals surface area contributed by atoms with E-state index in [9.17, 15) is 9.59 Å². The molecule has 2 amide bonds. The van der Waals surface area contributed by atoms with Gasteiger partial charge < -0.3 is 0 Å². The molecule has 0 aliphatic carbocycles. The average molecular weight is 324 g/mol. The van der Waals surface area contributed by atoms with E-state index in [0.717, 1.165) is 11.1 Å². The van der Waals surface area contributed by atoms with E-state index in [1.54, 1.807) is 24.3 Å². The van der Waals surface area contributed by atoms with Gasteiger partial charge in [0, 0.05) is 24.2 Å². The summed E-state index contributed by atoms with van der Waals surface area (Å²) in [7, 11) is 0. The zero-order valence-electron chi connectivity index (χ0n) is 14.7. The first-order chi connectivity index (χ1) is 11.5. The number of aryl methyl sites for hydroxylation is 2. The SMILES string of the molecule is CCN(C(=O)c1ccc(C)cc1)N(CC)C(=O)c1ccc(C)cc1. The summed E-state index contributed by atoms with van der Waals surface area (Å²) in [5.41, 5.74) is 3.35. The first kappa shape index (κ1) is 17.7. The summed E-state index contributed by atoms with van der Waals surface area (Å²) in [5.74, 6) is -0.334. The molecule has 0 aromatic heterocycles. The Balaban J connectivity index is 2.28. The zero-order valence-corrected chi connectivity index (χ0v) is 14.7. The van der Waals surface area contributed by atoms with E-state index in [4.69, 9.17) is 0 Å². The fraction of sp³-hybridized carbons (Fsp3) is 0.300. The summed E-state index contributed by atoms with van der Waals surface area (Å²) in [6, 6.07) is 14.8. The van der Waals surface area contributed by atoms with Gasteiger partial charge in [-0.05, 0) is 52.0 Å². The van der Waals surface area contributed by atoms with Gasteiger partial charge in [0.15, 0.2) is 0 Å². The quantitative estimate of drug-likeness (QED) is 0.802. The van der Waals surface area contributed by atoms with Gasteiger partial charge in [0.2, 0.25) is 0 Å². The van der Waals surface area contributed by atoms with Crippen LogP contribution in [-0.4, -0.2) is 34.9 Å². The number of hydrazine groups is 1. The fourth-order valence-electron chi connectivity index (χ4n) is 2.54. The van der Waals surface area contributed by atoms with Crippen LogP contribution in [0.5, 0.6) is 0 Å². The van der Waals surface area contributed by atoms with Crippen molar-refractivity contribution in [2.45, 2.75) is 27.7 Å². The van der Waals surface area contributed by atoms with E-state index >= 15 is 0 Å². The molecular formula is C20H24N2O2. The number of hydrogen-bond acceptors (Lipinski definition) is 2. The van der Waals surface area contributed by atoms with Crippen molar-refractivity contribution in [2.75, 3.05) is 13.1 Å². The molecule has 0 heterocycles. The highest BCUT2D eigenvalue weighted by atomic mass is 16.2. The second kappa shape index (κ2) is 7.77. The third kappa shape index (κ3) is 3.82. The van der Waals surface area contributed by atoms with Crippen LogP contribution >= 0.6 is 0 Å². The lowest BCUT2D eigenvalue weighted by molar-refractivity contribution is 0.000840. The third-order valence-electron chi connectivity index (χ3n) is 3.96. The van der Waals surface area contributed by atoms with Crippen molar-refractivity contribution in [3.8, 4) is 0 Å². The molecular weight excluding hydrogens is 300 g/mol. The van der Waals surface area contributed by atoms with Crippen molar-refractivity contribution >= 4 is 11.8 Å². The fourth-order valence-corrected chi connectivity index (χ4v) is 2.54. The van der Waals surface area contributed by atoms with E-state index in [1.165, 1.54) is 10.0 Å². The Bertz CT molecular complexity index is 642. The van der Waals surface area contributed by atoms with Crippen LogP contribution in [0.25, 0.3) is 0 Å². The number of hydrogen-bond donors (Lipinski definition) is 0. The molecule has 24 heavy (non-hydrogen) atoms. The van der Waals surface area contributed by atoms with Gasteiger partial charge in [-0.2, -0.15) is 0 Å². The molecule has 0 unspecified atom stereocenters. The van der Waals surface area contributed by atoms with Crippen molar-refractivity contribution in [3.63, 3.8) is 0 Å². The number of carbonyl (C=O) groups is 2. The Hall–Kier alpha value is -2.62. The minimum Gasteiger partial charge on any atom is -0.267 e. The Morgan fingerprint density at radius 2 is 0.958 bits per heavy atom. The van der Waals surface area contributed by atoms with Crippen LogP contribution in [0.2, 0.25) is 0 Å². The molecule has 0 aliphatic rings. The van der Waals surface area contributed by atoms with Crippen molar-refractivity contribution in [1.29, 1.82) is 0 Å². The van der Waals surface area contributed by atoms with Gasteiger partial charge in [-0.15, -0.1) is 0 Å². The maximum atomic E-state index is 12.8. The van der Waals surface area contributed by atoms with Gasteiger partial charge in [-0.3, -0.25) is 9.59 Å². The first-order valence-electron chi connectivity index (χ1n) is 8.24. The van der Waals surface area contributed by atoms with Crippen molar-refractivity contribution in [2.24, 2.45) is 0 Å². The van der Waals surface area contributed by atoms with E-state index in [2.05, 4.69) is 0 Å². The summed E-state index contributed by atoms with van der Waals surface area (Å²) in [5, 5.41) is 3.01. The molecule has 4 nitrogen and oxygen atoms in total. The van der Waals surface area contributed by atoms with Crippen LogP contribution in [-0.2, 0) is 0 Å². The highest BCUT2D eigenvalue weighted by Gasteiger charge is 2.25. The summed E-state index contributed by atoms with van der Waals surface area (Å²) in [6.45, 7) is 8.56. The highest BCUT2D eigenvalue weighted by molar-refractivity contribution is 5.99. The normalized spacial score (nSPS) is 10.3. The van der Waals surface area contributed by atoms with E-state index in [-0.39, 0.29) is 11.8 Å². The molecule has 0 radical (unpaired) electrons.